The summed E-state index contributed by atoms with van der Waals surface area (Å²) in [6, 6.07) is 7.31. The molecule has 0 unspecified atom stereocenters. The summed E-state index contributed by atoms with van der Waals surface area (Å²) >= 11 is 0. The van der Waals surface area contributed by atoms with Crippen molar-refractivity contribution in [2.45, 2.75) is 18.9 Å². The largest absolute Gasteiger partial charge is 0.480 e. The number of carboxylic acids is 1. The highest BCUT2D eigenvalue weighted by Crippen LogP contribution is 2.08. The highest BCUT2D eigenvalue weighted by atomic mass is 16.5. The number of nitrogens with zero attached hydrogens (tertiary/aromatic N) is 1. The highest BCUT2D eigenvalue weighted by molar-refractivity contribution is 5.93. The monoisotopic (exact) mass is 292 g/mol. The van der Waals surface area contributed by atoms with E-state index in [1.165, 1.54) is 6.08 Å². The van der Waals surface area contributed by atoms with Gasteiger partial charge in [0, 0.05) is 12.5 Å². The molecule has 7 heteroatoms. The predicted octanol–water partition coefficient (Wildman–Crippen LogP) is 0.636. The number of carbonyl (C=O) groups excluding carboxylic acids is 2. The van der Waals surface area contributed by atoms with Crippen LogP contribution in [0, 0.1) is 0 Å². The predicted molar refractivity (Wildman–Crippen MR) is 74.0 cm³/mol. The van der Waals surface area contributed by atoms with Crippen LogP contribution in [-0.2, 0) is 14.4 Å². The van der Waals surface area contributed by atoms with E-state index in [0.717, 1.165) is 11.6 Å². The van der Waals surface area contributed by atoms with Crippen LogP contribution in [0.1, 0.15) is 18.4 Å². The van der Waals surface area contributed by atoms with Crippen molar-refractivity contribution in [1.29, 1.82) is 0 Å². The fraction of sp³-hybridized carbons (Fsp3) is 0.214. The average molecular weight is 292 g/mol. The Hall–Kier alpha value is -2.67. The molecule has 1 rings (SSSR count). The number of carbonyl (C=O) groups is 3. The van der Waals surface area contributed by atoms with Crippen molar-refractivity contribution in [3.8, 4) is 0 Å². The number of hydroxylamine groups is 2. The molecule has 1 aromatic rings. The second-order valence-corrected chi connectivity index (χ2v) is 4.29. The molecule has 0 aliphatic rings. The summed E-state index contributed by atoms with van der Waals surface area (Å²) in [6.45, 7) is 0. The third-order valence-electron chi connectivity index (χ3n) is 2.69. The molecular weight excluding hydrogens is 276 g/mol. The van der Waals surface area contributed by atoms with Crippen molar-refractivity contribution in [2.24, 2.45) is 5.73 Å². The highest BCUT2D eigenvalue weighted by Gasteiger charge is 2.27. The number of benzene rings is 1. The van der Waals surface area contributed by atoms with Crippen molar-refractivity contribution in [1.82, 2.24) is 5.06 Å². The van der Waals surface area contributed by atoms with E-state index in [1.807, 2.05) is 6.07 Å². The lowest BCUT2D eigenvalue weighted by molar-refractivity contribution is -0.182. The third-order valence-corrected chi connectivity index (χ3v) is 2.69. The molecule has 0 heterocycles. The Morgan fingerprint density at radius 3 is 2.38 bits per heavy atom. The fourth-order valence-electron chi connectivity index (χ4n) is 1.59. The summed E-state index contributed by atoms with van der Waals surface area (Å²) in [4.78, 5) is 33.4. The van der Waals surface area contributed by atoms with Gasteiger partial charge in [-0.3, -0.25) is 14.8 Å². The molecule has 2 amide bonds. The summed E-state index contributed by atoms with van der Waals surface area (Å²) in [6.07, 6.45) is 1.99. The van der Waals surface area contributed by atoms with Crippen LogP contribution in [-0.4, -0.2) is 39.2 Å². The summed E-state index contributed by atoms with van der Waals surface area (Å²) in [5, 5.41) is 18.7. The van der Waals surface area contributed by atoms with Crippen LogP contribution in [0.25, 0.3) is 6.08 Å². The number of nitrogens with two attached hydrogens (primary N) is 1. The molecule has 0 aliphatic carbocycles. The molecule has 7 nitrogen and oxygen atoms in total. The number of hydrogen-bond acceptors (Lipinski definition) is 4. The minimum absolute atomic E-state index is 0.0880. The Morgan fingerprint density at radius 1 is 1.24 bits per heavy atom. The summed E-state index contributed by atoms with van der Waals surface area (Å²) < 4.78 is 0. The summed E-state index contributed by atoms with van der Waals surface area (Å²) in [5.74, 6) is -3.02. The molecule has 0 fully saturated rings. The van der Waals surface area contributed by atoms with Crippen LogP contribution >= 0.6 is 0 Å². The van der Waals surface area contributed by atoms with Crippen molar-refractivity contribution in [2.75, 3.05) is 0 Å². The maximum Gasteiger partial charge on any atom is 0.329 e. The number of aliphatic carboxylic acids is 1. The molecule has 0 saturated heterocycles. The van der Waals surface area contributed by atoms with E-state index in [9.17, 15) is 19.6 Å². The van der Waals surface area contributed by atoms with Gasteiger partial charge in [-0.1, -0.05) is 30.3 Å². The van der Waals surface area contributed by atoms with E-state index in [4.69, 9.17) is 10.8 Å². The number of rotatable bonds is 7. The van der Waals surface area contributed by atoms with Gasteiger partial charge in [0.05, 0.1) is 0 Å². The van der Waals surface area contributed by atoms with Crippen molar-refractivity contribution < 1.29 is 24.7 Å². The first-order valence-corrected chi connectivity index (χ1v) is 6.18. The molecule has 1 atom stereocenters. The normalized spacial score (nSPS) is 12.0. The van der Waals surface area contributed by atoms with E-state index < -0.39 is 23.8 Å². The minimum Gasteiger partial charge on any atom is -0.480 e. The smallest absolute Gasteiger partial charge is 0.329 e. The molecule has 0 aromatic heterocycles. The topological polar surface area (TPSA) is 121 Å². The first-order valence-electron chi connectivity index (χ1n) is 6.18. The molecule has 0 bridgehead atoms. The molecule has 0 aliphatic heterocycles. The quantitative estimate of drug-likeness (QED) is 0.387. The first-order chi connectivity index (χ1) is 9.91. The molecule has 1 aromatic carbocycles. The molecule has 0 spiro atoms. The Morgan fingerprint density at radius 2 is 1.86 bits per heavy atom. The van der Waals surface area contributed by atoms with Gasteiger partial charge in [-0.05, 0) is 18.1 Å². The van der Waals surface area contributed by atoms with Crippen LogP contribution in [0.5, 0.6) is 0 Å². The molecule has 4 N–H and O–H groups in total. The second kappa shape index (κ2) is 7.81. The standard InChI is InChI=1S/C14H16N2O5/c15-12(17)8-7-11(14(19)20)16(21)13(18)9-6-10-4-2-1-3-5-10/h1-6,9,11,21H,7-8H2,(H2,15,17)(H,19,20)/t11-/m0/s1. The first kappa shape index (κ1) is 16.4. The van der Waals surface area contributed by atoms with Gasteiger partial charge in [0.15, 0.2) is 6.04 Å². The minimum atomic E-state index is -1.52. The Kier molecular flexibility index (Phi) is 6.09. The Balaban J connectivity index is 2.72. The molecular formula is C14H16N2O5. The number of hydrogen-bond donors (Lipinski definition) is 3. The van der Waals surface area contributed by atoms with Crippen LogP contribution in [0.2, 0.25) is 0 Å². The number of primary amides is 1. The lowest BCUT2D eigenvalue weighted by Gasteiger charge is -2.20. The number of amides is 2. The van der Waals surface area contributed by atoms with Gasteiger partial charge >= 0.3 is 5.97 Å². The summed E-state index contributed by atoms with van der Waals surface area (Å²) in [5.41, 5.74) is 5.65. The van der Waals surface area contributed by atoms with E-state index in [2.05, 4.69) is 0 Å². The van der Waals surface area contributed by atoms with Crippen LogP contribution < -0.4 is 5.73 Å². The lowest BCUT2D eigenvalue weighted by atomic mass is 10.1. The van der Waals surface area contributed by atoms with Crippen molar-refractivity contribution in [3.63, 3.8) is 0 Å². The maximum atomic E-state index is 11.7. The van der Waals surface area contributed by atoms with Gasteiger partial charge in [0.1, 0.15) is 0 Å². The zero-order valence-electron chi connectivity index (χ0n) is 11.2. The summed E-state index contributed by atoms with van der Waals surface area (Å²) in [7, 11) is 0. The van der Waals surface area contributed by atoms with E-state index >= 15 is 0 Å². The van der Waals surface area contributed by atoms with Gasteiger partial charge in [0.25, 0.3) is 5.91 Å². The maximum absolute atomic E-state index is 11.7. The Labute approximate surface area is 121 Å². The Bertz CT molecular complexity index is 542. The van der Waals surface area contributed by atoms with Gasteiger partial charge in [-0.2, -0.15) is 0 Å². The van der Waals surface area contributed by atoms with Crippen molar-refractivity contribution in [3.05, 3.63) is 42.0 Å². The zero-order valence-corrected chi connectivity index (χ0v) is 11.2. The average Bonchev–Trinajstić information content (AvgIpc) is 2.45. The van der Waals surface area contributed by atoms with Gasteiger partial charge in [-0.15, -0.1) is 0 Å². The number of carboxylic acid groups (broad SMARTS) is 1. The third kappa shape index (κ3) is 5.45. The van der Waals surface area contributed by atoms with Gasteiger partial charge in [-0.25, -0.2) is 9.86 Å². The molecule has 21 heavy (non-hydrogen) atoms. The van der Waals surface area contributed by atoms with E-state index in [0.29, 0.717) is 0 Å². The molecule has 112 valence electrons. The van der Waals surface area contributed by atoms with Crippen molar-refractivity contribution >= 4 is 23.9 Å². The SMILES string of the molecule is NC(=O)CC[C@@H](C(=O)O)N(O)C(=O)C=Cc1ccccc1. The fourth-order valence-corrected chi connectivity index (χ4v) is 1.59. The van der Waals surface area contributed by atoms with Crippen LogP contribution in [0.4, 0.5) is 0 Å². The molecule has 0 radical (unpaired) electrons. The van der Waals surface area contributed by atoms with E-state index in [-0.39, 0.29) is 17.9 Å². The van der Waals surface area contributed by atoms with Gasteiger partial charge in [0.2, 0.25) is 5.91 Å². The zero-order chi connectivity index (χ0) is 15.8. The van der Waals surface area contributed by atoms with Crippen LogP contribution in [0.15, 0.2) is 36.4 Å². The van der Waals surface area contributed by atoms with E-state index in [1.54, 1.807) is 24.3 Å². The molecule has 0 saturated carbocycles. The lowest BCUT2D eigenvalue weighted by Crippen LogP contribution is -2.42. The van der Waals surface area contributed by atoms with Gasteiger partial charge < -0.3 is 10.8 Å². The van der Waals surface area contributed by atoms with Crippen LogP contribution in [0.3, 0.4) is 0 Å². The second-order valence-electron chi connectivity index (χ2n) is 4.29.